The van der Waals surface area contributed by atoms with E-state index in [-0.39, 0.29) is 5.66 Å². The number of hydrogen-bond acceptors (Lipinski definition) is 3. The van der Waals surface area contributed by atoms with Gasteiger partial charge in [0, 0.05) is 19.3 Å². The Hall–Kier alpha value is -0.670. The zero-order valence-electron chi connectivity index (χ0n) is 11.2. The molecular weight excluding hydrogens is 210 g/mol. The maximum absolute atomic E-state index is 4.67. The number of nitrogens with zero attached hydrogens (tertiary/aromatic N) is 2. The van der Waals surface area contributed by atoms with Crippen LogP contribution in [-0.2, 0) is 0 Å². The van der Waals surface area contributed by atoms with Crippen molar-refractivity contribution in [2.75, 3.05) is 26.7 Å². The second kappa shape index (κ2) is 5.78. The number of nitrogens with one attached hydrogen (secondary N) is 1. The number of rotatable bonds is 5. The molecule has 2 aliphatic rings. The van der Waals surface area contributed by atoms with Gasteiger partial charge in [0.1, 0.15) is 5.66 Å². The first-order valence-electron chi connectivity index (χ1n) is 6.93. The molecule has 1 atom stereocenters. The van der Waals surface area contributed by atoms with Crippen molar-refractivity contribution in [3.05, 3.63) is 12.2 Å². The normalized spacial score (nSPS) is 30.2. The fourth-order valence-corrected chi connectivity index (χ4v) is 2.99. The third-order valence-electron chi connectivity index (χ3n) is 4.23. The van der Waals surface area contributed by atoms with Crippen LogP contribution in [0.2, 0.25) is 0 Å². The first kappa shape index (κ1) is 12.8. The van der Waals surface area contributed by atoms with Crippen molar-refractivity contribution < 1.29 is 0 Å². The van der Waals surface area contributed by atoms with Crippen molar-refractivity contribution >= 4 is 6.21 Å². The Balaban J connectivity index is 1.86. The number of hydrogen-bond donors (Lipinski definition) is 1. The van der Waals surface area contributed by atoms with E-state index < -0.39 is 0 Å². The van der Waals surface area contributed by atoms with Crippen molar-refractivity contribution in [2.45, 2.75) is 38.3 Å². The van der Waals surface area contributed by atoms with Gasteiger partial charge in [0.15, 0.2) is 0 Å². The van der Waals surface area contributed by atoms with Crippen molar-refractivity contribution in [1.29, 1.82) is 0 Å². The van der Waals surface area contributed by atoms with E-state index in [4.69, 9.17) is 0 Å². The molecule has 2 heterocycles. The number of piperidine rings is 1. The van der Waals surface area contributed by atoms with Crippen LogP contribution in [0.5, 0.6) is 0 Å². The van der Waals surface area contributed by atoms with Gasteiger partial charge in [-0.05, 0) is 57.3 Å². The van der Waals surface area contributed by atoms with Gasteiger partial charge in [-0.3, -0.25) is 9.89 Å². The first-order chi connectivity index (χ1) is 8.30. The molecule has 0 bridgehead atoms. The third-order valence-corrected chi connectivity index (χ3v) is 4.23. The summed E-state index contributed by atoms with van der Waals surface area (Å²) in [4.78, 5) is 7.23. The summed E-state index contributed by atoms with van der Waals surface area (Å²) in [5.74, 6) is 0.905. The minimum Gasteiger partial charge on any atom is -0.320 e. The molecule has 0 amide bonds. The zero-order chi connectivity index (χ0) is 12.1. The van der Waals surface area contributed by atoms with Crippen LogP contribution in [0.15, 0.2) is 17.1 Å². The molecule has 0 saturated carbocycles. The van der Waals surface area contributed by atoms with E-state index in [1.54, 1.807) is 0 Å². The number of allylic oxidation sites excluding steroid dienone is 1. The summed E-state index contributed by atoms with van der Waals surface area (Å²) in [6.07, 6.45) is 11.4. The second-order valence-electron chi connectivity index (χ2n) is 5.19. The molecule has 1 saturated heterocycles. The maximum Gasteiger partial charge on any atom is 0.131 e. The molecule has 0 aromatic carbocycles. The Labute approximate surface area is 105 Å². The maximum atomic E-state index is 4.67. The highest BCUT2D eigenvalue weighted by molar-refractivity contribution is 5.75. The van der Waals surface area contributed by atoms with Crippen LogP contribution in [0.4, 0.5) is 0 Å². The Morgan fingerprint density at radius 1 is 1.41 bits per heavy atom. The molecule has 17 heavy (non-hydrogen) atoms. The molecule has 1 unspecified atom stereocenters. The van der Waals surface area contributed by atoms with Crippen LogP contribution in [0.1, 0.15) is 32.6 Å². The molecule has 1 N–H and O–H groups in total. The molecule has 0 radical (unpaired) electrons. The van der Waals surface area contributed by atoms with Gasteiger partial charge in [-0.25, -0.2) is 0 Å². The summed E-state index contributed by atoms with van der Waals surface area (Å²) < 4.78 is 0. The minimum absolute atomic E-state index is 0.00598. The fraction of sp³-hybridized carbons (Fsp3) is 0.786. The van der Waals surface area contributed by atoms with Crippen LogP contribution >= 0.6 is 0 Å². The molecule has 96 valence electrons. The molecule has 0 aliphatic carbocycles. The van der Waals surface area contributed by atoms with Crippen LogP contribution in [0.3, 0.4) is 0 Å². The average molecular weight is 235 g/mol. The van der Waals surface area contributed by atoms with Crippen LogP contribution in [-0.4, -0.2) is 43.5 Å². The van der Waals surface area contributed by atoms with E-state index in [0.717, 1.165) is 18.9 Å². The van der Waals surface area contributed by atoms with Gasteiger partial charge in [-0.2, -0.15) is 0 Å². The molecule has 3 nitrogen and oxygen atoms in total. The lowest BCUT2D eigenvalue weighted by atomic mass is 9.91. The highest BCUT2D eigenvalue weighted by Gasteiger charge is 2.35. The highest BCUT2D eigenvalue weighted by atomic mass is 15.3. The topological polar surface area (TPSA) is 27.6 Å². The first-order valence-corrected chi connectivity index (χ1v) is 6.93. The molecule has 1 fully saturated rings. The van der Waals surface area contributed by atoms with Gasteiger partial charge in [0.2, 0.25) is 0 Å². The number of likely N-dealkylation sites (tertiary alicyclic amines) is 1. The molecule has 0 aromatic rings. The highest BCUT2D eigenvalue weighted by Crippen LogP contribution is 2.31. The Kier molecular flexibility index (Phi) is 4.35. The quantitative estimate of drug-likeness (QED) is 0.790. The lowest BCUT2D eigenvalue weighted by molar-refractivity contribution is 0.0850. The summed E-state index contributed by atoms with van der Waals surface area (Å²) in [7, 11) is 2.04. The van der Waals surface area contributed by atoms with E-state index in [0.29, 0.717) is 0 Å². The van der Waals surface area contributed by atoms with Crippen molar-refractivity contribution in [3.63, 3.8) is 0 Å². The molecular formula is C14H25N3. The second-order valence-corrected chi connectivity index (χ2v) is 5.19. The van der Waals surface area contributed by atoms with Crippen molar-refractivity contribution in [1.82, 2.24) is 10.2 Å². The van der Waals surface area contributed by atoms with Gasteiger partial charge in [0.25, 0.3) is 0 Å². The van der Waals surface area contributed by atoms with Crippen molar-refractivity contribution in [3.8, 4) is 0 Å². The average Bonchev–Trinajstić information content (AvgIpc) is 2.87. The monoisotopic (exact) mass is 235 g/mol. The SMILES string of the molecule is CCC1(N2CCC(CCNC)CC2)C=CC=N1. The molecule has 3 heteroatoms. The molecule has 0 spiro atoms. The van der Waals surface area contributed by atoms with Gasteiger partial charge in [0.05, 0.1) is 0 Å². The Bertz CT molecular complexity index is 276. The van der Waals surface area contributed by atoms with Gasteiger partial charge >= 0.3 is 0 Å². The van der Waals surface area contributed by atoms with E-state index >= 15 is 0 Å². The fourth-order valence-electron chi connectivity index (χ4n) is 2.99. The van der Waals surface area contributed by atoms with Crippen LogP contribution in [0, 0.1) is 5.92 Å². The lowest BCUT2D eigenvalue weighted by Crippen LogP contribution is -2.48. The van der Waals surface area contributed by atoms with Crippen molar-refractivity contribution in [2.24, 2.45) is 10.9 Å². The van der Waals surface area contributed by atoms with Gasteiger partial charge in [-0.1, -0.05) is 6.92 Å². The number of aliphatic imine (C=N–C) groups is 1. The Morgan fingerprint density at radius 2 is 2.18 bits per heavy atom. The smallest absolute Gasteiger partial charge is 0.131 e. The van der Waals surface area contributed by atoms with Crippen LogP contribution in [0.25, 0.3) is 0 Å². The standard InChI is InChI=1S/C14H25N3/c1-3-14(8-4-9-16-14)17-11-6-13(7-12-17)5-10-15-2/h4,8-9,13,15H,3,5-7,10-12H2,1-2H3. The molecule has 0 aromatic heterocycles. The summed E-state index contributed by atoms with van der Waals surface area (Å²) in [5.41, 5.74) is -0.00598. The lowest BCUT2D eigenvalue weighted by Gasteiger charge is -2.41. The van der Waals surface area contributed by atoms with E-state index in [1.807, 2.05) is 13.3 Å². The molecule has 2 rings (SSSR count). The van der Waals surface area contributed by atoms with Gasteiger partial charge in [-0.15, -0.1) is 0 Å². The van der Waals surface area contributed by atoms with Gasteiger partial charge < -0.3 is 5.32 Å². The van der Waals surface area contributed by atoms with E-state index in [9.17, 15) is 0 Å². The summed E-state index contributed by atoms with van der Waals surface area (Å²) in [6, 6.07) is 0. The minimum atomic E-state index is -0.00598. The van der Waals surface area contributed by atoms with E-state index in [2.05, 4.69) is 34.3 Å². The molecule has 2 aliphatic heterocycles. The Morgan fingerprint density at radius 3 is 2.71 bits per heavy atom. The van der Waals surface area contributed by atoms with Crippen LogP contribution < -0.4 is 5.32 Å². The third kappa shape index (κ3) is 2.78. The largest absolute Gasteiger partial charge is 0.320 e. The van der Waals surface area contributed by atoms with E-state index in [1.165, 1.54) is 32.4 Å². The summed E-state index contributed by atoms with van der Waals surface area (Å²) in [5, 5.41) is 3.25. The predicted molar refractivity (Wildman–Crippen MR) is 73.5 cm³/mol. The predicted octanol–water partition coefficient (Wildman–Crippen LogP) is 2.05. The summed E-state index contributed by atoms with van der Waals surface area (Å²) in [6.45, 7) is 5.79. The summed E-state index contributed by atoms with van der Waals surface area (Å²) >= 11 is 0. The zero-order valence-corrected chi connectivity index (χ0v) is 11.2.